The maximum absolute atomic E-state index is 11.8. The molecule has 0 radical (unpaired) electrons. The summed E-state index contributed by atoms with van der Waals surface area (Å²) in [6.45, 7) is 6.56. The third kappa shape index (κ3) is 4.45. The zero-order valence-corrected chi connectivity index (χ0v) is 11.7. The lowest BCUT2D eigenvalue weighted by Crippen LogP contribution is -2.39. The lowest BCUT2D eigenvalue weighted by molar-refractivity contribution is -0.121. The van der Waals surface area contributed by atoms with Crippen LogP contribution in [0.2, 0.25) is 5.02 Å². The van der Waals surface area contributed by atoms with Crippen LogP contribution < -0.4 is 16.4 Å². The SMILES string of the molecule is CC(C)CNC(=O)C(C)Nc1ccc(N)cc1Cl. The molecule has 0 aliphatic heterocycles. The van der Waals surface area contributed by atoms with E-state index in [1.54, 1.807) is 25.1 Å². The van der Waals surface area contributed by atoms with Crippen LogP contribution in [-0.2, 0) is 4.79 Å². The maximum atomic E-state index is 11.8. The molecule has 0 bridgehead atoms. The van der Waals surface area contributed by atoms with Crippen LogP contribution in [-0.4, -0.2) is 18.5 Å². The van der Waals surface area contributed by atoms with E-state index in [1.165, 1.54) is 0 Å². The molecule has 0 fully saturated rings. The van der Waals surface area contributed by atoms with Crippen LogP contribution in [0.25, 0.3) is 0 Å². The van der Waals surface area contributed by atoms with Crippen molar-refractivity contribution in [3.05, 3.63) is 23.2 Å². The van der Waals surface area contributed by atoms with E-state index in [4.69, 9.17) is 17.3 Å². The van der Waals surface area contributed by atoms with Gasteiger partial charge in [0.25, 0.3) is 0 Å². The Morgan fingerprint density at radius 2 is 2.06 bits per heavy atom. The van der Waals surface area contributed by atoms with E-state index in [0.29, 0.717) is 28.9 Å². The molecule has 1 amide bonds. The summed E-state index contributed by atoms with van der Waals surface area (Å²) in [7, 11) is 0. The number of nitrogen functional groups attached to an aromatic ring is 1. The van der Waals surface area contributed by atoms with E-state index in [-0.39, 0.29) is 11.9 Å². The normalized spacial score (nSPS) is 12.3. The molecular formula is C13H20ClN3O. The van der Waals surface area contributed by atoms with Gasteiger partial charge >= 0.3 is 0 Å². The second-order valence-corrected chi connectivity index (χ2v) is 5.15. The average Bonchev–Trinajstić information content (AvgIpc) is 2.29. The summed E-state index contributed by atoms with van der Waals surface area (Å²) in [4.78, 5) is 11.8. The Balaban J connectivity index is 2.58. The number of nitrogens with one attached hydrogen (secondary N) is 2. The van der Waals surface area contributed by atoms with Crippen molar-refractivity contribution < 1.29 is 4.79 Å². The molecule has 5 heteroatoms. The molecule has 18 heavy (non-hydrogen) atoms. The highest BCUT2D eigenvalue weighted by Crippen LogP contribution is 2.24. The van der Waals surface area contributed by atoms with Gasteiger partial charge in [-0.25, -0.2) is 0 Å². The number of benzene rings is 1. The van der Waals surface area contributed by atoms with Gasteiger partial charge in [0.1, 0.15) is 6.04 Å². The van der Waals surface area contributed by atoms with Gasteiger partial charge in [0.05, 0.1) is 10.7 Å². The first-order chi connectivity index (χ1) is 8.40. The minimum absolute atomic E-state index is 0.0448. The first kappa shape index (κ1) is 14.6. The number of halogens is 1. The molecule has 100 valence electrons. The maximum Gasteiger partial charge on any atom is 0.242 e. The van der Waals surface area contributed by atoms with Crippen LogP contribution in [0.1, 0.15) is 20.8 Å². The number of rotatable bonds is 5. The third-order valence-electron chi connectivity index (χ3n) is 2.44. The van der Waals surface area contributed by atoms with Crippen molar-refractivity contribution in [3.63, 3.8) is 0 Å². The molecule has 0 aromatic heterocycles. The number of carbonyl (C=O) groups excluding carboxylic acids is 1. The lowest BCUT2D eigenvalue weighted by atomic mass is 10.2. The highest BCUT2D eigenvalue weighted by atomic mass is 35.5. The number of nitrogens with two attached hydrogens (primary N) is 1. The van der Waals surface area contributed by atoms with Crippen molar-refractivity contribution in [1.29, 1.82) is 0 Å². The van der Waals surface area contributed by atoms with Gasteiger partial charge in [-0.1, -0.05) is 25.4 Å². The van der Waals surface area contributed by atoms with Gasteiger partial charge in [-0.15, -0.1) is 0 Å². The van der Waals surface area contributed by atoms with Gasteiger partial charge in [-0.3, -0.25) is 4.79 Å². The zero-order chi connectivity index (χ0) is 13.7. The van der Waals surface area contributed by atoms with E-state index < -0.39 is 0 Å². The molecule has 0 saturated heterocycles. The Hall–Kier alpha value is -1.42. The summed E-state index contributed by atoms with van der Waals surface area (Å²) in [6, 6.07) is 4.82. The number of carbonyl (C=O) groups is 1. The average molecular weight is 270 g/mol. The van der Waals surface area contributed by atoms with Crippen molar-refractivity contribution in [1.82, 2.24) is 5.32 Å². The Labute approximate surface area is 113 Å². The molecule has 1 aromatic rings. The molecule has 1 aromatic carbocycles. The van der Waals surface area contributed by atoms with E-state index in [1.807, 2.05) is 0 Å². The fraction of sp³-hybridized carbons (Fsp3) is 0.462. The Kier molecular flexibility index (Phi) is 5.28. The quantitative estimate of drug-likeness (QED) is 0.720. The molecule has 0 spiro atoms. The van der Waals surface area contributed by atoms with Crippen LogP contribution in [0.3, 0.4) is 0 Å². The monoisotopic (exact) mass is 269 g/mol. The van der Waals surface area contributed by atoms with E-state index in [0.717, 1.165) is 0 Å². The predicted octanol–water partition coefficient (Wildman–Crippen LogP) is 2.49. The molecule has 0 aliphatic rings. The second kappa shape index (κ2) is 6.50. The number of amides is 1. The van der Waals surface area contributed by atoms with E-state index in [2.05, 4.69) is 24.5 Å². The standard InChI is InChI=1S/C13H20ClN3O/c1-8(2)7-16-13(18)9(3)17-12-5-4-10(15)6-11(12)14/h4-6,8-9,17H,7,15H2,1-3H3,(H,16,18). The van der Waals surface area contributed by atoms with Crippen molar-refractivity contribution in [3.8, 4) is 0 Å². The molecule has 0 aliphatic carbocycles. The van der Waals surface area contributed by atoms with Gasteiger partial charge in [-0.05, 0) is 31.0 Å². The summed E-state index contributed by atoms with van der Waals surface area (Å²) in [5.74, 6) is 0.387. The fourth-order valence-electron chi connectivity index (χ4n) is 1.41. The molecule has 1 unspecified atom stereocenters. The molecular weight excluding hydrogens is 250 g/mol. The summed E-state index contributed by atoms with van der Waals surface area (Å²) in [6.07, 6.45) is 0. The van der Waals surface area contributed by atoms with Crippen LogP contribution in [0.4, 0.5) is 11.4 Å². The first-order valence-corrected chi connectivity index (χ1v) is 6.37. The summed E-state index contributed by atoms with van der Waals surface area (Å²) in [5, 5.41) is 6.44. The predicted molar refractivity (Wildman–Crippen MR) is 76.8 cm³/mol. The topological polar surface area (TPSA) is 67.2 Å². The van der Waals surface area contributed by atoms with E-state index >= 15 is 0 Å². The van der Waals surface area contributed by atoms with Gasteiger partial charge in [0, 0.05) is 12.2 Å². The van der Waals surface area contributed by atoms with Crippen molar-refractivity contribution in [2.75, 3.05) is 17.6 Å². The van der Waals surface area contributed by atoms with Gasteiger partial charge < -0.3 is 16.4 Å². The molecule has 4 nitrogen and oxygen atoms in total. The summed E-state index contributed by atoms with van der Waals surface area (Å²) < 4.78 is 0. The van der Waals surface area contributed by atoms with Crippen LogP contribution in [0.15, 0.2) is 18.2 Å². The Morgan fingerprint density at radius 1 is 1.39 bits per heavy atom. The minimum atomic E-state index is -0.343. The number of hydrogen-bond donors (Lipinski definition) is 3. The van der Waals surface area contributed by atoms with Crippen LogP contribution >= 0.6 is 11.6 Å². The first-order valence-electron chi connectivity index (χ1n) is 5.99. The molecule has 0 heterocycles. The largest absolute Gasteiger partial charge is 0.399 e. The van der Waals surface area contributed by atoms with Crippen LogP contribution in [0, 0.1) is 5.92 Å². The van der Waals surface area contributed by atoms with E-state index in [9.17, 15) is 4.79 Å². The molecule has 0 saturated carbocycles. The van der Waals surface area contributed by atoms with Gasteiger partial charge in [-0.2, -0.15) is 0 Å². The van der Waals surface area contributed by atoms with Gasteiger partial charge in [0.15, 0.2) is 0 Å². The lowest BCUT2D eigenvalue weighted by Gasteiger charge is -2.17. The number of hydrogen-bond acceptors (Lipinski definition) is 3. The third-order valence-corrected chi connectivity index (χ3v) is 2.76. The summed E-state index contributed by atoms with van der Waals surface area (Å²) >= 11 is 6.03. The number of anilines is 2. The highest BCUT2D eigenvalue weighted by molar-refractivity contribution is 6.33. The van der Waals surface area contributed by atoms with Crippen molar-refractivity contribution in [2.45, 2.75) is 26.8 Å². The fourth-order valence-corrected chi connectivity index (χ4v) is 1.65. The Bertz CT molecular complexity index is 421. The summed E-state index contributed by atoms with van der Waals surface area (Å²) in [5.41, 5.74) is 6.91. The second-order valence-electron chi connectivity index (χ2n) is 4.74. The zero-order valence-electron chi connectivity index (χ0n) is 11.0. The van der Waals surface area contributed by atoms with Crippen molar-refractivity contribution in [2.24, 2.45) is 5.92 Å². The minimum Gasteiger partial charge on any atom is -0.399 e. The van der Waals surface area contributed by atoms with Crippen LogP contribution in [0.5, 0.6) is 0 Å². The smallest absolute Gasteiger partial charge is 0.242 e. The van der Waals surface area contributed by atoms with Crippen molar-refractivity contribution >= 4 is 28.9 Å². The Morgan fingerprint density at radius 3 is 2.61 bits per heavy atom. The molecule has 4 N–H and O–H groups in total. The molecule has 1 rings (SSSR count). The van der Waals surface area contributed by atoms with Gasteiger partial charge in [0.2, 0.25) is 5.91 Å². The molecule has 1 atom stereocenters. The highest BCUT2D eigenvalue weighted by Gasteiger charge is 2.13.